The van der Waals surface area contributed by atoms with E-state index in [1.807, 2.05) is 13.8 Å². The zero-order valence-electron chi connectivity index (χ0n) is 13.2. The lowest BCUT2D eigenvalue weighted by atomic mass is 10.0. The summed E-state index contributed by atoms with van der Waals surface area (Å²) < 4.78 is 27.0. The highest BCUT2D eigenvalue weighted by molar-refractivity contribution is 6.05. The van der Waals surface area contributed by atoms with E-state index in [-0.39, 0.29) is 36.4 Å². The van der Waals surface area contributed by atoms with Crippen molar-refractivity contribution in [1.29, 1.82) is 0 Å². The molecule has 1 fully saturated rings. The minimum atomic E-state index is -1.08. The fourth-order valence-corrected chi connectivity index (χ4v) is 2.81. The van der Waals surface area contributed by atoms with Gasteiger partial charge in [0.2, 0.25) is 11.8 Å². The number of rotatable bonds is 1. The first-order chi connectivity index (χ1) is 10.9. The van der Waals surface area contributed by atoms with Gasteiger partial charge in [-0.25, -0.2) is 8.78 Å². The van der Waals surface area contributed by atoms with Gasteiger partial charge in [-0.2, -0.15) is 0 Å². The van der Waals surface area contributed by atoms with Crippen LogP contribution in [-0.2, 0) is 16.1 Å². The maximum Gasteiger partial charge on any atom is 0.255 e. The lowest BCUT2D eigenvalue weighted by molar-refractivity contribution is -0.136. The normalized spacial score (nSPS) is 20.0. The van der Waals surface area contributed by atoms with Gasteiger partial charge in [-0.3, -0.25) is 19.7 Å². The van der Waals surface area contributed by atoms with Crippen molar-refractivity contribution < 1.29 is 23.2 Å². The Labute approximate surface area is 132 Å². The molecule has 1 saturated heterocycles. The molecule has 23 heavy (non-hydrogen) atoms. The molecule has 1 atom stereocenters. The van der Waals surface area contributed by atoms with Gasteiger partial charge in [0.1, 0.15) is 6.04 Å². The van der Waals surface area contributed by atoms with E-state index in [0.29, 0.717) is 5.56 Å². The summed E-state index contributed by atoms with van der Waals surface area (Å²) in [6.45, 7) is 5.45. The molecule has 2 aliphatic rings. The van der Waals surface area contributed by atoms with Crippen molar-refractivity contribution >= 4 is 17.7 Å². The number of fused-ring (bicyclic) bond motifs is 1. The van der Waals surface area contributed by atoms with Crippen LogP contribution in [0, 0.1) is 18.6 Å². The van der Waals surface area contributed by atoms with Gasteiger partial charge < -0.3 is 4.90 Å². The monoisotopic (exact) mass is 324 g/mol. The van der Waals surface area contributed by atoms with Gasteiger partial charge in [-0.15, -0.1) is 0 Å². The molecule has 0 aliphatic carbocycles. The van der Waals surface area contributed by atoms with Gasteiger partial charge in [-0.05, 0) is 30.5 Å². The first-order valence-electron chi connectivity index (χ1n) is 7.52. The minimum absolute atomic E-state index is 0.0451. The van der Waals surface area contributed by atoms with Crippen LogP contribution in [0.3, 0.4) is 0 Å². The predicted octanol–water partition coefficient (Wildman–Crippen LogP) is 2.06. The number of hydrogen-bond acceptors (Lipinski definition) is 3. The van der Waals surface area contributed by atoms with Gasteiger partial charge >= 0.3 is 0 Å². The number of carbonyl (C=O) groups is 3. The van der Waals surface area contributed by atoms with Gasteiger partial charge in [-0.1, -0.05) is 13.8 Å². The first-order valence-corrected chi connectivity index (χ1v) is 7.52. The molecule has 2 aliphatic heterocycles. The Morgan fingerprint density at radius 2 is 1.87 bits per heavy atom. The Balaban J connectivity index is 0.000000924. The summed E-state index contributed by atoms with van der Waals surface area (Å²) in [6.07, 6.45) is 0.354. The predicted molar refractivity (Wildman–Crippen MR) is 78.5 cm³/mol. The van der Waals surface area contributed by atoms with E-state index in [0.717, 1.165) is 6.07 Å². The largest absolute Gasteiger partial charge is 0.322 e. The number of nitrogens with one attached hydrogen (secondary N) is 1. The number of carbonyl (C=O) groups excluding carboxylic acids is 3. The smallest absolute Gasteiger partial charge is 0.255 e. The van der Waals surface area contributed by atoms with Crippen molar-refractivity contribution in [3.05, 3.63) is 34.4 Å². The van der Waals surface area contributed by atoms with E-state index >= 15 is 0 Å². The average Bonchev–Trinajstić information content (AvgIpc) is 2.84. The lowest BCUT2D eigenvalue weighted by Crippen LogP contribution is -2.52. The third-order valence-electron chi connectivity index (χ3n) is 3.99. The molecule has 1 aromatic rings. The van der Waals surface area contributed by atoms with Crippen LogP contribution < -0.4 is 5.32 Å². The molecule has 0 bridgehead atoms. The lowest BCUT2D eigenvalue weighted by Gasteiger charge is -2.29. The number of piperidine rings is 1. The zero-order chi connectivity index (χ0) is 17.3. The third-order valence-corrected chi connectivity index (χ3v) is 3.99. The molecule has 5 nitrogen and oxygen atoms in total. The fourth-order valence-electron chi connectivity index (χ4n) is 2.81. The fraction of sp³-hybridized carbons (Fsp3) is 0.438. The van der Waals surface area contributed by atoms with Crippen molar-refractivity contribution in [2.75, 3.05) is 0 Å². The van der Waals surface area contributed by atoms with Crippen LogP contribution in [0.4, 0.5) is 8.78 Å². The quantitative estimate of drug-likeness (QED) is 0.804. The Morgan fingerprint density at radius 1 is 1.22 bits per heavy atom. The Bertz CT molecular complexity index is 688. The van der Waals surface area contributed by atoms with Crippen LogP contribution in [0.25, 0.3) is 0 Å². The van der Waals surface area contributed by atoms with Crippen molar-refractivity contribution in [3.8, 4) is 0 Å². The zero-order valence-corrected chi connectivity index (χ0v) is 13.2. The number of halogens is 2. The molecule has 1 aromatic carbocycles. The van der Waals surface area contributed by atoms with Crippen molar-refractivity contribution in [1.82, 2.24) is 10.2 Å². The number of amides is 3. The molecule has 3 amide bonds. The SMILES string of the molecule is CC.Cc1c(F)c(F)cc2c1CN(C1CCC(=O)NC1=O)C2=O. The minimum Gasteiger partial charge on any atom is -0.322 e. The maximum atomic E-state index is 13.6. The summed E-state index contributed by atoms with van der Waals surface area (Å²) in [7, 11) is 0. The summed E-state index contributed by atoms with van der Waals surface area (Å²) in [5.41, 5.74) is 0.549. The van der Waals surface area contributed by atoms with E-state index in [4.69, 9.17) is 0 Å². The van der Waals surface area contributed by atoms with Crippen LogP contribution in [-0.4, -0.2) is 28.7 Å². The molecule has 124 valence electrons. The van der Waals surface area contributed by atoms with Crippen LogP contribution in [0.2, 0.25) is 0 Å². The van der Waals surface area contributed by atoms with E-state index in [1.165, 1.54) is 11.8 Å². The molecule has 0 aromatic heterocycles. The Hall–Kier alpha value is -2.31. The Morgan fingerprint density at radius 3 is 2.48 bits per heavy atom. The molecule has 1 N–H and O–H groups in total. The van der Waals surface area contributed by atoms with Gasteiger partial charge in [0.15, 0.2) is 11.6 Å². The van der Waals surface area contributed by atoms with Crippen LogP contribution in [0.1, 0.15) is 48.2 Å². The van der Waals surface area contributed by atoms with E-state index < -0.39 is 29.5 Å². The highest BCUT2D eigenvalue weighted by atomic mass is 19.2. The molecule has 0 saturated carbocycles. The molecule has 1 unspecified atom stereocenters. The topological polar surface area (TPSA) is 66.5 Å². The van der Waals surface area contributed by atoms with Gasteiger partial charge in [0.05, 0.1) is 0 Å². The second kappa shape index (κ2) is 6.44. The number of benzene rings is 1. The van der Waals surface area contributed by atoms with Crippen LogP contribution >= 0.6 is 0 Å². The van der Waals surface area contributed by atoms with E-state index in [1.54, 1.807) is 0 Å². The summed E-state index contributed by atoms with van der Waals surface area (Å²) >= 11 is 0. The van der Waals surface area contributed by atoms with Crippen LogP contribution in [0.15, 0.2) is 6.07 Å². The number of imide groups is 1. The second-order valence-corrected chi connectivity index (χ2v) is 5.22. The summed E-state index contributed by atoms with van der Waals surface area (Å²) in [5, 5.41) is 2.17. The molecular weight excluding hydrogens is 306 g/mol. The Kier molecular flexibility index (Phi) is 4.77. The molecule has 7 heteroatoms. The third kappa shape index (κ3) is 2.83. The second-order valence-electron chi connectivity index (χ2n) is 5.22. The van der Waals surface area contributed by atoms with Gasteiger partial charge in [0, 0.05) is 18.5 Å². The van der Waals surface area contributed by atoms with Crippen LogP contribution in [0.5, 0.6) is 0 Å². The number of nitrogens with zero attached hydrogens (tertiary/aromatic N) is 1. The summed E-state index contributed by atoms with van der Waals surface area (Å²) in [4.78, 5) is 36.5. The molecule has 2 heterocycles. The van der Waals surface area contributed by atoms with E-state index in [9.17, 15) is 23.2 Å². The van der Waals surface area contributed by atoms with Crippen molar-refractivity contribution in [3.63, 3.8) is 0 Å². The molecular formula is C16H18F2N2O3. The van der Waals surface area contributed by atoms with Crippen molar-refractivity contribution in [2.45, 2.75) is 46.2 Å². The molecule has 0 radical (unpaired) electrons. The molecule has 0 spiro atoms. The summed E-state index contributed by atoms with van der Waals surface area (Å²) in [6, 6.07) is 0.0828. The number of hydrogen-bond donors (Lipinski definition) is 1. The van der Waals surface area contributed by atoms with Crippen molar-refractivity contribution in [2.24, 2.45) is 0 Å². The van der Waals surface area contributed by atoms with Gasteiger partial charge in [0.25, 0.3) is 5.91 Å². The summed E-state index contributed by atoms with van der Waals surface area (Å²) in [5.74, 6) is -3.50. The maximum absolute atomic E-state index is 13.6. The highest BCUT2D eigenvalue weighted by Crippen LogP contribution is 2.31. The first kappa shape index (κ1) is 17.1. The highest BCUT2D eigenvalue weighted by Gasteiger charge is 2.40. The van der Waals surface area contributed by atoms with E-state index in [2.05, 4.69) is 5.32 Å². The standard InChI is InChI=1S/C14H12F2N2O3.C2H6/c1-6-8-5-18(10-2-3-11(19)17-13(10)20)14(21)7(8)4-9(15)12(6)16;1-2/h4,10H,2-3,5H2,1H3,(H,17,19,20);1-2H3. The average molecular weight is 324 g/mol. The molecule has 3 rings (SSSR count).